The molecule has 3 rings (SSSR count). The average molecular weight is 424 g/mol. The number of amides is 1. The lowest BCUT2D eigenvalue weighted by atomic mass is 10.1. The number of rotatable bonds is 8. The highest BCUT2D eigenvalue weighted by atomic mass is 19.3. The van der Waals surface area contributed by atoms with E-state index in [1.807, 2.05) is 36.1 Å². The van der Waals surface area contributed by atoms with Crippen molar-refractivity contribution in [1.29, 1.82) is 0 Å². The Morgan fingerprint density at radius 2 is 2.07 bits per heavy atom. The normalized spacial score (nSPS) is 18.3. The van der Waals surface area contributed by atoms with Gasteiger partial charge in [0.25, 0.3) is 12.3 Å². The van der Waals surface area contributed by atoms with E-state index in [4.69, 9.17) is 4.74 Å². The summed E-state index contributed by atoms with van der Waals surface area (Å²) in [6.07, 6.45) is 0.0780. The van der Waals surface area contributed by atoms with E-state index in [-0.39, 0.29) is 25.1 Å². The molecule has 166 valence electrons. The van der Waals surface area contributed by atoms with Crippen molar-refractivity contribution in [2.45, 2.75) is 38.7 Å². The first-order valence-corrected chi connectivity index (χ1v) is 10.6. The van der Waals surface area contributed by atoms with E-state index in [1.165, 1.54) is 0 Å². The Morgan fingerprint density at radius 3 is 2.80 bits per heavy atom. The molecule has 1 aromatic rings. The van der Waals surface area contributed by atoms with Crippen molar-refractivity contribution in [3.8, 4) is 5.75 Å². The lowest BCUT2D eigenvalue weighted by Gasteiger charge is -2.32. The smallest absolute Gasteiger partial charge is 0.265 e. The third-order valence-electron chi connectivity index (χ3n) is 5.29. The minimum atomic E-state index is -2.28. The Hall–Kier alpha value is -2.42. The van der Waals surface area contributed by atoms with Crippen molar-refractivity contribution >= 4 is 17.6 Å². The summed E-state index contributed by atoms with van der Waals surface area (Å²) < 4.78 is 30.5. The van der Waals surface area contributed by atoms with E-state index in [0.29, 0.717) is 26.2 Å². The molecule has 0 radical (unpaired) electrons. The second-order valence-electron chi connectivity index (χ2n) is 7.53. The van der Waals surface area contributed by atoms with Gasteiger partial charge in [0.05, 0.1) is 12.2 Å². The van der Waals surface area contributed by atoms with Gasteiger partial charge in [-0.05, 0) is 38.3 Å². The monoisotopic (exact) mass is 423 g/mol. The maximum absolute atomic E-state index is 12.5. The molecule has 1 saturated heterocycles. The second kappa shape index (κ2) is 11.1. The van der Waals surface area contributed by atoms with Crippen LogP contribution < -0.4 is 20.3 Å². The zero-order valence-corrected chi connectivity index (χ0v) is 17.4. The maximum Gasteiger partial charge on any atom is 0.265 e. The fourth-order valence-corrected chi connectivity index (χ4v) is 3.79. The molecule has 1 fully saturated rings. The molecular formula is C21H31F2N5O2. The predicted molar refractivity (Wildman–Crippen MR) is 113 cm³/mol. The first kappa shape index (κ1) is 22.3. The van der Waals surface area contributed by atoms with Crippen molar-refractivity contribution < 1.29 is 18.3 Å². The summed E-state index contributed by atoms with van der Waals surface area (Å²) in [4.78, 5) is 20.4. The van der Waals surface area contributed by atoms with Gasteiger partial charge in [0, 0.05) is 38.8 Å². The Kier molecular flexibility index (Phi) is 8.24. The van der Waals surface area contributed by atoms with Gasteiger partial charge in [0.15, 0.2) is 12.6 Å². The molecule has 1 amide bonds. The van der Waals surface area contributed by atoms with Gasteiger partial charge in [-0.2, -0.15) is 0 Å². The van der Waals surface area contributed by atoms with Crippen molar-refractivity contribution in [3.63, 3.8) is 0 Å². The molecule has 9 heteroatoms. The molecule has 0 aliphatic carbocycles. The van der Waals surface area contributed by atoms with E-state index in [1.54, 1.807) is 4.90 Å². The fraction of sp³-hybridized carbons (Fsp3) is 0.619. The van der Waals surface area contributed by atoms with Gasteiger partial charge in [0.2, 0.25) is 0 Å². The number of carbonyl (C=O) groups is 1. The topological polar surface area (TPSA) is 69.2 Å². The van der Waals surface area contributed by atoms with E-state index >= 15 is 0 Å². The highest BCUT2D eigenvalue weighted by Crippen LogP contribution is 2.31. The summed E-state index contributed by atoms with van der Waals surface area (Å²) in [5, 5.41) is 6.66. The quantitative estimate of drug-likeness (QED) is 0.381. The molecule has 0 saturated carbocycles. The Morgan fingerprint density at radius 1 is 1.30 bits per heavy atom. The zero-order chi connectivity index (χ0) is 21.3. The molecule has 30 heavy (non-hydrogen) atoms. The Labute approximate surface area is 176 Å². The molecule has 0 bridgehead atoms. The number of likely N-dealkylation sites (tertiary alicyclic amines) is 1. The molecule has 2 heterocycles. The van der Waals surface area contributed by atoms with Crippen LogP contribution in [0.3, 0.4) is 0 Å². The molecular weight excluding hydrogens is 392 g/mol. The summed E-state index contributed by atoms with van der Waals surface area (Å²) in [5.74, 6) is 1.42. The van der Waals surface area contributed by atoms with E-state index in [9.17, 15) is 13.6 Å². The summed E-state index contributed by atoms with van der Waals surface area (Å²) >= 11 is 0. The van der Waals surface area contributed by atoms with Gasteiger partial charge >= 0.3 is 0 Å². The highest BCUT2D eigenvalue weighted by Gasteiger charge is 2.25. The van der Waals surface area contributed by atoms with Crippen LogP contribution in [0.2, 0.25) is 0 Å². The molecule has 0 unspecified atom stereocenters. The van der Waals surface area contributed by atoms with Gasteiger partial charge in [-0.3, -0.25) is 14.7 Å². The van der Waals surface area contributed by atoms with Crippen LogP contribution in [0, 0.1) is 0 Å². The number of anilines is 1. The predicted octanol–water partition coefficient (Wildman–Crippen LogP) is 2.09. The number of alkyl halides is 2. The van der Waals surface area contributed by atoms with Crippen molar-refractivity contribution in [2.75, 3.05) is 50.8 Å². The molecule has 7 nitrogen and oxygen atoms in total. The zero-order valence-electron chi connectivity index (χ0n) is 17.4. The molecule has 0 atom stereocenters. The third kappa shape index (κ3) is 6.29. The van der Waals surface area contributed by atoms with Crippen LogP contribution in [0.25, 0.3) is 0 Å². The minimum Gasteiger partial charge on any atom is -0.482 e. The lowest BCUT2D eigenvalue weighted by Crippen LogP contribution is -2.49. The van der Waals surface area contributed by atoms with Crippen LogP contribution >= 0.6 is 0 Å². The van der Waals surface area contributed by atoms with Crippen LogP contribution in [0.1, 0.15) is 26.2 Å². The molecule has 2 N–H and O–H groups in total. The van der Waals surface area contributed by atoms with Crippen LogP contribution in [-0.2, 0) is 4.79 Å². The van der Waals surface area contributed by atoms with Crippen molar-refractivity contribution in [3.05, 3.63) is 24.3 Å². The number of ether oxygens (including phenoxy) is 1. The van der Waals surface area contributed by atoms with E-state index in [2.05, 4.69) is 15.6 Å². The van der Waals surface area contributed by atoms with E-state index in [0.717, 1.165) is 43.2 Å². The average Bonchev–Trinajstić information content (AvgIpc) is 2.73. The van der Waals surface area contributed by atoms with Crippen LogP contribution in [-0.4, -0.2) is 75.1 Å². The number of hydrogen-bond donors (Lipinski definition) is 2. The molecule has 0 aromatic heterocycles. The second-order valence-corrected chi connectivity index (χ2v) is 7.53. The third-order valence-corrected chi connectivity index (χ3v) is 5.29. The number of hydrogen-bond acceptors (Lipinski definition) is 4. The van der Waals surface area contributed by atoms with Gasteiger partial charge in [-0.25, -0.2) is 8.78 Å². The van der Waals surface area contributed by atoms with E-state index < -0.39 is 6.43 Å². The number of nitrogens with zero attached hydrogens (tertiary/aromatic N) is 3. The van der Waals surface area contributed by atoms with Crippen molar-refractivity contribution in [1.82, 2.24) is 15.5 Å². The Bertz CT molecular complexity index is 723. The van der Waals surface area contributed by atoms with Crippen LogP contribution in [0.5, 0.6) is 5.75 Å². The fourth-order valence-electron chi connectivity index (χ4n) is 3.79. The largest absolute Gasteiger partial charge is 0.482 e. The first-order chi connectivity index (χ1) is 14.6. The van der Waals surface area contributed by atoms with Crippen molar-refractivity contribution in [2.24, 2.45) is 4.99 Å². The van der Waals surface area contributed by atoms with Gasteiger partial charge in [0.1, 0.15) is 5.75 Å². The number of aliphatic imine (C=N–C) groups is 1. The number of piperidine rings is 1. The van der Waals surface area contributed by atoms with Gasteiger partial charge in [-0.15, -0.1) is 0 Å². The Balaban J connectivity index is 1.47. The number of benzene rings is 1. The maximum atomic E-state index is 12.5. The lowest BCUT2D eigenvalue weighted by molar-refractivity contribution is -0.121. The number of guanidine groups is 1. The van der Waals surface area contributed by atoms with Gasteiger partial charge < -0.3 is 20.3 Å². The summed E-state index contributed by atoms with van der Waals surface area (Å²) in [5.41, 5.74) is 0.804. The summed E-state index contributed by atoms with van der Waals surface area (Å²) in [6.45, 7) is 5.15. The standard InChI is InChI=1S/C21H31F2N5O2/c1-2-24-21(26-16-8-12-27(13-9-16)14-19(22)23)25-10-5-11-28-17-6-3-4-7-18(17)30-15-20(28)29/h3-4,6-7,16,19H,2,5,8-15H2,1H3,(H2,24,25,26). The van der Waals surface area contributed by atoms with Crippen LogP contribution in [0.15, 0.2) is 29.3 Å². The summed E-state index contributed by atoms with van der Waals surface area (Å²) in [6, 6.07) is 7.77. The molecule has 1 aromatic carbocycles. The number of para-hydroxylation sites is 2. The molecule has 2 aliphatic heterocycles. The number of fused-ring (bicyclic) bond motifs is 1. The minimum absolute atomic E-state index is 0.0433. The highest BCUT2D eigenvalue weighted by molar-refractivity contribution is 5.97. The SMILES string of the molecule is CCNC(=NCCCN1C(=O)COc2ccccc21)NC1CCN(CC(F)F)CC1. The van der Waals surface area contributed by atoms with Crippen LogP contribution in [0.4, 0.5) is 14.5 Å². The first-order valence-electron chi connectivity index (χ1n) is 10.6. The summed E-state index contributed by atoms with van der Waals surface area (Å²) in [7, 11) is 0. The molecule has 2 aliphatic rings. The number of halogens is 2. The molecule has 0 spiro atoms. The van der Waals surface area contributed by atoms with Gasteiger partial charge in [-0.1, -0.05) is 12.1 Å². The number of carbonyl (C=O) groups excluding carboxylic acids is 1. The number of nitrogens with one attached hydrogen (secondary N) is 2.